The first-order valence-corrected chi connectivity index (χ1v) is 6.67. The summed E-state index contributed by atoms with van der Waals surface area (Å²) in [7, 11) is 0. The largest absolute Gasteiger partial charge is 0.369 e. The van der Waals surface area contributed by atoms with Crippen LogP contribution in [-0.2, 0) is 32.7 Å². The fourth-order valence-electron chi connectivity index (χ4n) is 1.83. The molecule has 0 bridgehead atoms. The van der Waals surface area contributed by atoms with Crippen LogP contribution < -0.4 is 0 Å². The Kier molecular flexibility index (Phi) is 7.07. The van der Waals surface area contributed by atoms with Gasteiger partial charge in [-0.15, -0.1) is 22.6 Å². The maximum Gasteiger partial charge on any atom is 0.256 e. The molecule has 109 valence electrons. The minimum absolute atomic E-state index is 0. The van der Waals surface area contributed by atoms with Crippen molar-refractivity contribution in [2.24, 2.45) is 0 Å². The zero-order valence-corrected chi connectivity index (χ0v) is 15.7. The van der Waals surface area contributed by atoms with Crippen LogP contribution in [0.25, 0.3) is 5.70 Å². The Morgan fingerprint density at radius 2 is 1.76 bits per heavy atom. The third-order valence-corrected chi connectivity index (χ3v) is 3.60. The van der Waals surface area contributed by atoms with Crippen LogP contribution in [0.5, 0.6) is 0 Å². The fourth-order valence-corrected chi connectivity index (χ4v) is 2.27. The van der Waals surface area contributed by atoms with Crippen LogP contribution in [-0.4, -0.2) is 17.9 Å². The van der Waals surface area contributed by atoms with Gasteiger partial charge in [-0.3, -0.25) is 0 Å². The fraction of sp³-hybridized carbons (Fsp3) is 0.143. The van der Waals surface area contributed by atoms with Gasteiger partial charge in [0.15, 0.2) is 0 Å². The van der Waals surface area contributed by atoms with Gasteiger partial charge >= 0.3 is 0 Å². The van der Waals surface area contributed by atoms with Crippen LogP contribution in [0.15, 0.2) is 40.1 Å². The molecule has 0 saturated carbocycles. The molecular formula is C14H9F4INY-. The Morgan fingerprint density at radius 3 is 2.29 bits per heavy atom. The molecule has 2 rings (SSSR count). The molecule has 0 atom stereocenters. The Bertz CT molecular complexity index is 593. The molecule has 1 aliphatic rings. The predicted molar refractivity (Wildman–Crippen MR) is 77.0 cm³/mol. The van der Waals surface area contributed by atoms with E-state index >= 15 is 0 Å². The normalized spacial score (nSPS) is 14.8. The maximum absolute atomic E-state index is 13.3. The third kappa shape index (κ3) is 4.63. The summed E-state index contributed by atoms with van der Waals surface area (Å²) in [5.41, 5.74) is 0.669. The maximum atomic E-state index is 13.3. The molecule has 0 amide bonds. The molecule has 0 aromatic heterocycles. The summed E-state index contributed by atoms with van der Waals surface area (Å²) in [4.78, 5) is 1.21. The Labute approximate surface area is 158 Å². The molecule has 0 N–H and O–H groups in total. The van der Waals surface area contributed by atoms with Gasteiger partial charge in [-0.1, -0.05) is 33.6 Å². The van der Waals surface area contributed by atoms with E-state index in [1.54, 1.807) is 6.08 Å². The zero-order chi connectivity index (χ0) is 14.9. The quantitative estimate of drug-likeness (QED) is 0.348. The zero-order valence-electron chi connectivity index (χ0n) is 10.7. The second-order valence-electron chi connectivity index (χ2n) is 4.09. The van der Waals surface area contributed by atoms with E-state index in [1.165, 1.54) is 4.90 Å². The first kappa shape index (κ1) is 18.8. The van der Waals surface area contributed by atoms with Crippen molar-refractivity contribution in [1.29, 1.82) is 0 Å². The van der Waals surface area contributed by atoms with Crippen molar-refractivity contribution in [2.45, 2.75) is 6.43 Å². The SMILES string of the molecule is C=C1C(I)=C[C-]=C(c2cc(F)cc(F)c2)N1CC(F)F.[Y]. The van der Waals surface area contributed by atoms with Gasteiger partial charge in [0.05, 0.1) is 6.54 Å². The van der Waals surface area contributed by atoms with Gasteiger partial charge in [0.25, 0.3) is 6.43 Å². The van der Waals surface area contributed by atoms with Crippen LogP contribution in [0.1, 0.15) is 5.56 Å². The average Bonchev–Trinajstić information content (AvgIpc) is 2.33. The molecule has 1 aromatic rings. The van der Waals surface area contributed by atoms with Gasteiger partial charge in [-0.2, -0.15) is 12.2 Å². The predicted octanol–water partition coefficient (Wildman–Crippen LogP) is 4.52. The van der Waals surface area contributed by atoms with Crippen LogP contribution in [0.3, 0.4) is 0 Å². The smallest absolute Gasteiger partial charge is 0.256 e. The summed E-state index contributed by atoms with van der Waals surface area (Å²) < 4.78 is 52.5. The van der Waals surface area contributed by atoms with E-state index in [0.29, 0.717) is 9.28 Å². The molecule has 0 aliphatic carbocycles. The van der Waals surface area contributed by atoms with Crippen LogP contribution in [0.4, 0.5) is 17.6 Å². The van der Waals surface area contributed by atoms with Crippen LogP contribution in [0, 0.1) is 17.7 Å². The van der Waals surface area contributed by atoms with Gasteiger partial charge in [-0.25, -0.2) is 17.6 Å². The number of hydrogen-bond donors (Lipinski definition) is 0. The number of allylic oxidation sites excluding steroid dienone is 3. The molecule has 1 radical (unpaired) electrons. The molecule has 21 heavy (non-hydrogen) atoms. The molecule has 1 aromatic carbocycles. The van der Waals surface area contributed by atoms with Crippen molar-refractivity contribution >= 4 is 28.3 Å². The first-order valence-electron chi connectivity index (χ1n) is 5.59. The van der Waals surface area contributed by atoms with Crippen molar-refractivity contribution in [3.63, 3.8) is 0 Å². The topological polar surface area (TPSA) is 3.24 Å². The summed E-state index contributed by atoms with van der Waals surface area (Å²) >= 11 is 1.94. The van der Waals surface area contributed by atoms with Crippen LogP contribution in [0.2, 0.25) is 0 Å². The van der Waals surface area contributed by atoms with Gasteiger partial charge in [0.1, 0.15) is 11.6 Å². The second kappa shape index (κ2) is 7.88. The van der Waals surface area contributed by atoms with Crippen molar-refractivity contribution < 1.29 is 50.3 Å². The molecule has 1 heterocycles. The van der Waals surface area contributed by atoms with Crippen molar-refractivity contribution in [1.82, 2.24) is 4.90 Å². The number of nitrogens with zero attached hydrogens (tertiary/aromatic N) is 1. The van der Waals surface area contributed by atoms with Crippen molar-refractivity contribution in [3.8, 4) is 0 Å². The van der Waals surface area contributed by atoms with Crippen LogP contribution >= 0.6 is 22.6 Å². The van der Waals surface area contributed by atoms with E-state index in [1.807, 2.05) is 22.6 Å². The number of hydrogen-bond acceptors (Lipinski definition) is 1. The Hall–Kier alpha value is -0.206. The van der Waals surface area contributed by atoms with Crippen molar-refractivity contribution in [2.75, 3.05) is 6.54 Å². The Balaban J connectivity index is 0.00000220. The summed E-state index contributed by atoms with van der Waals surface area (Å²) in [5, 5.41) is 0. The number of halogens is 5. The number of benzene rings is 1. The van der Waals surface area contributed by atoms with E-state index in [9.17, 15) is 17.6 Å². The molecule has 0 saturated heterocycles. The molecule has 1 nitrogen and oxygen atoms in total. The van der Waals surface area contributed by atoms with E-state index in [2.05, 4.69) is 12.7 Å². The average molecular weight is 483 g/mol. The first-order chi connectivity index (χ1) is 9.38. The standard InChI is InChI=1S/C14H9F4IN.Y/c1-8-12(19)2-3-13(20(8)7-14(17)18)9-4-10(15)6-11(16)5-9;/h2,4-6,14H,1,7H2;/q-1;. The molecule has 1 aliphatic heterocycles. The summed E-state index contributed by atoms with van der Waals surface area (Å²) in [6, 6.07) is 2.87. The molecule has 0 fully saturated rings. The van der Waals surface area contributed by atoms with E-state index in [4.69, 9.17) is 0 Å². The molecular weight excluding hydrogens is 474 g/mol. The van der Waals surface area contributed by atoms with E-state index in [-0.39, 0.29) is 44.0 Å². The van der Waals surface area contributed by atoms with E-state index in [0.717, 1.165) is 18.2 Å². The van der Waals surface area contributed by atoms with Gasteiger partial charge in [0, 0.05) is 38.8 Å². The van der Waals surface area contributed by atoms with Gasteiger partial charge in [0.2, 0.25) is 0 Å². The Morgan fingerprint density at radius 1 is 1.19 bits per heavy atom. The summed E-state index contributed by atoms with van der Waals surface area (Å²) in [5.74, 6) is -1.55. The summed E-state index contributed by atoms with van der Waals surface area (Å²) in [6.45, 7) is 3.11. The molecule has 0 spiro atoms. The number of alkyl halides is 2. The molecule has 0 unspecified atom stereocenters. The van der Waals surface area contributed by atoms with Gasteiger partial charge < -0.3 is 4.90 Å². The monoisotopic (exact) mass is 483 g/mol. The number of rotatable bonds is 3. The molecule has 7 heteroatoms. The summed E-state index contributed by atoms with van der Waals surface area (Å²) in [6.07, 6.45) is 1.71. The van der Waals surface area contributed by atoms with E-state index < -0.39 is 24.6 Å². The third-order valence-electron chi connectivity index (χ3n) is 2.66. The minimum atomic E-state index is -2.61. The van der Waals surface area contributed by atoms with Crippen molar-refractivity contribution in [3.05, 3.63) is 63.4 Å². The second-order valence-corrected chi connectivity index (χ2v) is 5.25. The minimum Gasteiger partial charge on any atom is -0.369 e. The van der Waals surface area contributed by atoms with Gasteiger partial charge in [-0.05, 0) is 5.70 Å².